The van der Waals surface area contributed by atoms with Crippen LogP contribution in [0.3, 0.4) is 0 Å². The summed E-state index contributed by atoms with van der Waals surface area (Å²) >= 11 is 2.63. The predicted octanol–water partition coefficient (Wildman–Crippen LogP) is 5.54. The van der Waals surface area contributed by atoms with Gasteiger partial charge in [-0.2, -0.15) is 0 Å². The number of carbonyl (C=O) groups excluding carboxylic acids is 1. The van der Waals surface area contributed by atoms with Crippen molar-refractivity contribution < 1.29 is 14.5 Å². The number of hydrogen-bond acceptors (Lipinski definition) is 6. The van der Waals surface area contributed by atoms with Crippen molar-refractivity contribution in [1.29, 1.82) is 0 Å². The Bertz CT molecular complexity index is 1170. The fraction of sp³-hybridized carbons (Fsp3) is 0.0500. The number of nitrogens with zero attached hydrogens (tertiary/aromatic N) is 2. The molecule has 6 nitrogen and oxygen atoms in total. The lowest BCUT2D eigenvalue weighted by molar-refractivity contribution is -0.384. The molecule has 0 unspecified atom stereocenters. The third-order valence-corrected chi connectivity index (χ3v) is 6.29. The molecule has 0 fully saturated rings. The lowest BCUT2D eigenvalue weighted by Gasteiger charge is -2.09. The summed E-state index contributed by atoms with van der Waals surface area (Å²) < 4.78 is 7.46. The van der Waals surface area contributed by atoms with E-state index in [4.69, 9.17) is 4.74 Å². The van der Waals surface area contributed by atoms with Gasteiger partial charge in [0.1, 0.15) is 4.88 Å². The topological polar surface area (TPSA) is 74.4 Å². The van der Waals surface area contributed by atoms with E-state index in [1.54, 1.807) is 6.07 Å². The standard InChI is InChI=1S/C20H14N2O4S2/c1-26-20(23)19-18(21-9-5-6-10-21)17-15(27-14-7-3-2-4-8-14)11-13(22(24)25)12-16(17)28-19/h2-12H,1H3. The fourth-order valence-corrected chi connectivity index (χ4v) is 5.20. The van der Waals surface area contributed by atoms with E-state index in [-0.39, 0.29) is 5.69 Å². The maximum atomic E-state index is 12.4. The maximum Gasteiger partial charge on any atom is 0.350 e. The molecule has 0 saturated heterocycles. The Kier molecular flexibility index (Phi) is 4.89. The van der Waals surface area contributed by atoms with Crippen LogP contribution in [-0.4, -0.2) is 22.6 Å². The highest BCUT2D eigenvalue weighted by Gasteiger charge is 2.25. The first-order chi connectivity index (χ1) is 13.6. The minimum absolute atomic E-state index is 0.0114. The Morgan fingerprint density at radius 2 is 1.86 bits per heavy atom. The summed E-state index contributed by atoms with van der Waals surface area (Å²) in [7, 11) is 1.33. The molecular formula is C20H14N2O4S2. The highest BCUT2D eigenvalue weighted by Crippen LogP contribution is 2.44. The second kappa shape index (κ2) is 7.49. The van der Waals surface area contributed by atoms with Crippen molar-refractivity contribution in [1.82, 2.24) is 4.57 Å². The fourth-order valence-electron chi connectivity index (χ4n) is 2.92. The van der Waals surface area contributed by atoms with Crippen molar-refractivity contribution in [3.8, 4) is 5.69 Å². The molecule has 28 heavy (non-hydrogen) atoms. The summed E-state index contributed by atoms with van der Waals surface area (Å²) in [6.45, 7) is 0. The second-order valence-corrected chi connectivity index (χ2v) is 8.02. The van der Waals surface area contributed by atoms with Crippen LogP contribution >= 0.6 is 23.1 Å². The first-order valence-electron chi connectivity index (χ1n) is 8.28. The largest absolute Gasteiger partial charge is 0.465 e. The molecule has 0 amide bonds. The predicted molar refractivity (Wildman–Crippen MR) is 110 cm³/mol. The summed E-state index contributed by atoms with van der Waals surface area (Å²) in [6.07, 6.45) is 3.68. The molecule has 8 heteroatoms. The van der Waals surface area contributed by atoms with E-state index in [9.17, 15) is 14.9 Å². The van der Waals surface area contributed by atoms with Gasteiger partial charge in [0.05, 0.1) is 17.7 Å². The molecule has 0 atom stereocenters. The van der Waals surface area contributed by atoms with Crippen LogP contribution in [0.4, 0.5) is 5.69 Å². The number of thiophene rings is 1. The molecule has 0 aliphatic heterocycles. The van der Waals surface area contributed by atoms with Crippen LogP contribution in [0.15, 0.2) is 76.8 Å². The van der Waals surface area contributed by atoms with E-state index in [0.717, 1.165) is 10.3 Å². The molecule has 0 radical (unpaired) electrons. The zero-order chi connectivity index (χ0) is 19.7. The average Bonchev–Trinajstić information content (AvgIpc) is 3.35. The number of aromatic nitrogens is 1. The summed E-state index contributed by atoms with van der Waals surface area (Å²) in [5, 5.41) is 12.3. The van der Waals surface area contributed by atoms with Crippen LogP contribution in [0, 0.1) is 10.1 Å². The van der Waals surface area contributed by atoms with E-state index >= 15 is 0 Å². The summed E-state index contributed by atoms with van der Waals surface area (Å²) in [5.74, 6) is -0.469. The maximum absolute atomic E-state index is 12.4. The number of nitro groups is 1. The molecule has 2 aromatic heterocycles. The van der Waals surface area contributed by atoms with E-state index in [2.05, 4.69) is 0 Å². The number of rotatable bonds is 5. The molecule has 0 aliphatic rings. The van der Waals surface area contributed by atoms with E-state index in [0.29, 0.717) is 20.2 Å². The smallest absolute Gasteiger partial charge is 0.350 e. The molecule has 140 valence electrons. The van der Waals surface area contributed by atoms with Crippen molar-refractivity contribution in [2.45, 2.75) is 9.79 Å². The Hall–Kier alpha value is -3.10. The van der Waals surface area contributed by atoms with Crippen LogP contribution in [-0.2, 0) is 4.74 Å². The second-order valence-electron chi connectivity index (χ2n) is 5.85. The van der Waals surface area contributed by atoms with Gasteiger partial charge < -0.3 is 9.30 Å². The first kappa shape index (κ1) is 18.3. The number of hydrogen-bond donors (Lipinski definition) is 0. The average molecular weight is 410 g/mol. The van der Waals surface area contributed by atoms with Crippen LogP contribution in [0.1, 0.15) is 9.67 Å². The quantitative estimate of drug-likeness (QED) is 0.245. The number of non-ortho nitro benzene ring substituents is 1. The van der Waals surface area contributed by atoms with Crippen LogP contribution in [0.25, 0.3) is 15.8 Å². The van der Waals surface area contributed by atoms with Crippen molar-refractivity contribution in [2.75, 3.05) is 7.11 Å². The van der Waals surface area contributed by atoms with E-state index in [1.165, 1.54) is 36.3 Å². The van der Waals surface area contributed by atoms with Crippen molar-refractivity contribution in [3.05, 3.63) is 82.0 Å². The molecule has 0 saturated carbocycles. The zero-order valence-corrected chi connectivity index (χ0v) is 16.3. The zero-order valence-electron chi connectivity index (χ0n) is 14.7. The number of ether oxygens (including phenoxy) is 1. The van der Waals surface area contributed by atoms with Crippen LogP contribution < -0.4 is 0 Å². The first-order valence-corrected chi connectivity index (χ1v) is 9.91. The number of carbonyl (C=O) groups is 1. The van der Waals surface area contributed by atoms with E-state index in [1.807, 2.05) is 59.4 Å². The minimum Gasteiger partial charge on any atom is -0.465 e. The van der Waals surface area contributed by atoms with Crippen LogP contribution in [0.5, 0.6) is 0 Å². The van der Waals surface area contributed by atoms with Gasteiger partial charge in [-0.25, -0.2) is 4.79 Å². The number of benzene rings is 2. The molecule has 0 spiro atoms. The lowest BCUT2D eigenvalue weighted by atomic mass is 10.2. The monoisotopic (exact) mass is 410 g/mol. The summed E-state index contributed by atoms with van der Waals surface area (Å²) in [6, 6.07) is 16.4. The lowest BCUT2D eigenvalue weighted by Crippen LogP contribution is -2.03. The molecule has 0 aliphatic carbocycles. The molecule has 4 rings (SSSR count). The van der Waals surface area contributed by atoms with E-state index < -0.39 is 10.9 Å². The number of esters is 1. The van der Waals surface area contributed by atoms with Crippen LogP contribution in [0.2, 0.25) is 0 Å². The number of nitro benzene ring substituents is 1. The highest BCUT2D eigenvalue weighted by atomic mass is 32.2. The van der Waals surface area contributed by atoms with Gasteiger partial charge in [-0.15, -0.1) is 11.3 Å². The van der Waals surface area contributed by atoms with Gasteiger partial charge in [0.15, 0.2) is 0 Å². The van der Waals surface area contributed by atoms with Gasteiger partial charge in [-0.3, -0.25) is 10.1 Å². The van der Waals surface area contributed by atoms with Gasteiger partial charge in [0, 0.05) is 44.4 Å². The third-order valence-electron chi connectivity index (χ3n) is 4.13. The molecule has 0 N–H and O–H groups in total. The normalized spacial score (nSPS) is 10.9. The Morgan fingerprint density at radius 3 is 2.50 bits per heavy atom. The molecule has 2 heterocycles. The molecular weight excluding hydrogens is 396 g/mol. The summed E-state index contributed by atoms with van der Waals surface area (Å²) in [4.78, 5) is 25.5. The van der Waals surface area contributed by atoms with Crippen molar-refractivity contribution >= 4 is 44.8 Å². The molecule has 4 aromatic rings. The van der Waals surface area contributed by atoms with Crippen molar-refractivity contribution in [3.63, 3.8) is 0 Å². The minimum atomic E-state index is -0.469. The third kappa shape index (κ3) is 3.28. The van der Waals surface area contributed by atoms with Gasteiger partial charge in [-0.1, -0.05) is 30.0 Å². The van der Waals surface area contributed by atoms with Gasteiger partial charge in [0.25, 0.3) is 5.69 Å². The van der Waals surface area contributed by atoms with Gasteiger partial charge in [0.2, 0.25) is 0 Å². The highest BCUT2D eigenvalue weighted by molar-refractivity contribution is 7.99. The Morgan fingerprint density at radius 1 is 1.14 bits per heavy atom. The molecule has 0 bridgehead atoms. The number of fused-ring (bicyclic) bond motifs is 1. The SMILES string of the molecule is COC(=O)c1sc2cc([N+](=O)[O-])cc(Sc3ccccc3)c2c1-n1cccc1. The molecule has 2 aromatic carbocycles. The van der Waals surface area contributed by atoms with Crippen molar-refractivity contribution in [2.24, 2.45) is 0 Å². The summed E-state index contributed by atoms with van der Waals surface area (Å²) in [5.41, 5.74) is 0.660. The number of methoxy groups -OCH3 is 1. The van der Waals surface area contributed by atoms with Gasteiger partial charge >= 0.3 is 5.97 Å². The Balaban J connectivity index is 2.03. The van der Waals surface area contributed by atoms with Gasteiger partial charge in [-0.05, 0) is 24.3 Å². The Labute approximate surface area is 168 Å².